The van der Waals surface area contributed by atoms with Gasteiger partial charge in [0.15, 0.2) is 0 Å². The topological polar surface area (TPSA) is 44.0 Å². The van der Waals surface area contributed by atoms with Gasteiger partial charge in [-0.3, -0.25) is 0 Å². The lowest BCUT2D eigenvalue weighted by molar-refractivity contribution is 0.481. The molecule has 0 saturated carbocycles. The first-order valence-corrected chi connectivity index (χ1v) is 5.17. The maximum absolute atomic E-state index is 9.69. The van der Waals surface area contributed by atoms with Crippen molar-refractivity contribution >= 4 is 21.4 Å². The number of hydrogen-bond donors (Lipinski definition) is 1. The summed E-state index contributed by atoms with van der Waals surface area (Å²) in [5.41, 5.74) is 2.07. The van der Waals surface area contributed by atoms with E-state index in [9.17, 15) is 5.11 Å². The predicted octanol–water partition coefficient (Wildman–Crippen LogP) is 2.98. The Morgan fingerprint density at radius 3 is 3.00 bits per heavy atom. The van der Waals surface area contributed by atoms with Crippen LogP contribution in [0.25, 0.3) is 10.1 Å². The van der Waals surface area contributed by atoms with Crippen LogP contribution in [0.15, 0.2) is 17.5 Å². The maximum Gasteiger partial charge on any atom is 0.124 e. The molecule has 0 aliphatic carbocycles. The predicted molar refractivity (Wildman–Crippen MR) is 57.5 cm³/mol. The molecule has 1 N–H and O–H groups in total. The van der Waals surface area contributed by atoms with Crippen LogP contribution in [-0.2, 0) is 6.42 Å². The van der Waals surface area contributed by atoms with Gasteiger partial charge in [-0.25, -0.2) is 0 Å². The van der Waals surface area contributed by atoms with Gasteiger partial charge in [-0.1, -0.05) is 6.07 Å². The molecule has 2 aromatic rings. The third kappa shape index (κ3) is 1.24. The smallest absolute Gasteiger partial charge is 0.124 e. The summed E-state index contributed by atoms with van der Waals surface area (Å²) in [6.45, 7) is 2.01. The molecule has 2 rings (SSSR count). The summed E-state index contributed by atoms with van der Waals surface area (Å²) in [6.07, 6.45) is 0.358. The monoisotopic (exact) mass is 203 g/mol. The van der Waals surface area contributed by atoms with Gasteiger partial charge in [-0.2, -0.15) is 5.26 Å². The lowest BCUT2D eigenvalue weighted by atomic mass is 10.1. The van der Waals surface area contributed by atoms with Crippen LogP contribution in [0.2, 0.25) is 0 Å². The molecule has 3 heteroatoms. The second-order valence-corrected chi connectivity index (χ2v) is 4.08. The molecule has 14 heavy (non-hydrogen) atoms. The van der Waals surface area contributed by atoms with Crippen molar-refractivity contribution in [2.45, 2.75) is 13.3 Å². The molecular formula is C11H9NOS. The third-order valence-electron chi connectivity index (χ3n) is 2.24. The van der Waals surface area contributed by atoms with E-state index in [0.29, 0.717) is 6.42 Å². The van der Waals surface area contributed by atoms with Gasteiger partial charge in [-0.05, 0) is 29.5 Å². The summed E-state index contributed by atoms with van der Waals surface area (Å²) in [5, 5.41) is 21.1. The van der Waals surface area contributed by atoms with Gasteiger partial charge in [-0.15, -0.1) is 11.3 Å². The van der Waals surface area contributed by atoms with Crippen molar-refractivity contribution in [3.8, 4) is 11.8 Å². The summed E-state index contributed by atoms with van der Waals surface area (Å²) in [7, 11) is 0. The number of aryl methyl sites for hydroxylation is 1. The standard InChI is InChI=1S/C11H9NOS/c1-7-2-3-9(13)10-8(4-5-12)6-14-11(7)10/h2-3,6,13H,4H2,1H3. The molecule has 0 atom stereocenters. The zero-order valence-corrected chi connectivity index (χ0v) is 8.56. The lowest BCUT2D eigenvalue weighted by Crippen LogP contribution is -1.80. The second kappa shape index (κ2) is 3.32. The Morgan fingerprint density at radius 2 is 2.29 bits per heavy atom. The number of benzene rings is 1. The number of phenols is 1. The highest BCUT2D eigenvalue weighted by molar-refractivity contribution is 7.17. The van der Waals surface area contributed by atoms with Crippen LogP contribution in [0.3, 0.4) is 0 Å². The van der Waals surface area contributed by atoms with Crippen LogP contribution in [-0.4, -0.2) is 5.11 Å². The Balaban J connectivity index is 2.78. The molecule has 0 bridgehead atoms. The Hall–Kier alpha value is -1.53. The summed E-state index contributed by atoms with van der Waals surface area (Å²) >= 11 is 1.58. The van der Waals surface area contributed by atoms with Crippen LogP contribution in [0.4, 0.5) is 0 Å². The SMILES string of the molecule is Cc1ccc(O)c2c(CC#N)csc12. The van der Waals surface area contributed by atoms with E-state index < -0.39 is 0 Å². The minimum atomic E-state index is 0.275. The van der Waals surface area contributed by atoms with E-state index in [-0.39, 0.29) is 5.75 Å². The van der Waals surface area contributed by atoms with Gasteiger partial charge in [0.2, 0.25) is 0 Å². The van der Waals surface area contributed by atoms with Crippen molar-refractivity contribution < 1.29 is 5.11 Å². The molecule has 2 nitrogen and oxygen atoms in total. The van der Waals surface area contributed by atoms with Gasteiger partial charge < -0.3 is 5.11 Å². The third-order valence-corrected chi connectivity index (χ3v) is 3.41. The number of rotatable bonds is 1. The molecule has 1 aromatic carbocycles. The van der Waals surface area contributed by atoms with Gasteiger partial charge in [0.1, 0.15) is 5.75 Å². The highest BCUT2D eigenvalue weighted by atomic mass is 32.1. The molecule has 0 unspecified atom stereocenters. The molecule has 0 amide bonds. The van der Waals surface area contributed by atoms with Crippen molar-refractivity contribution in [3.63, 3.8) is 0 Å². The minimum Gasteiger partial charge on any atom is -0.507 e. The molecule has 0 saturated heterocycles. The number of nitrogens with zero attached hydrogens (tertiary/aromatic N) is 1. The Kier molecular flexibility index (Phi) is 2.14. The largest absolute Gasteiger partial charge is 0.507 e. The molecule has 1 heterocycles. The summed E-state index contributed by atoms with van der Waals surface area (Å²) < 4.78 is 1.08. The van der Waals surface area contributed by atoms with E-state index in [0.717, 1.165) is 21.2 Å². The number of nitriles is 1. The van der Waals surface area contributed by atoms with E-state index in [1.54, 1.807) is 17.4 Å². The zero-order valence-electron chi connectivity index (χ0n) is 7.74. The highest BCUT2D eigenvalue weighted by Gasteiger charge is 2.09. The van der Waals surface area contributed by atoms with Gasteiger partial charge >= 0.3 is 0 Å². The first-order chi connectivity index (χ1) is 6.74. The molecule has 0 aliphatic rings. The zero-order chi connectivity index (χ0) is 10.1. The first-order valence-electron chi connectivity index (χ1n) is 4.29. The fraction of sp³-hybridized carbons (Fsp3) is 0.182. The average molecular weight is 203 g/mol. The number of aromatic hydroxyl groups is 1. The van der Waals surface area contributed by atoms with E-state index in [1.165, 1.54) is 0 Å². The van der Waals surface area contributed by atoms with Crippen molar-refractivity contribution in [1.82, 2.24) is 0 Å². The number of phenolic OH excluding ortho intramolecular Hbond substituents is 1. The molecule has 0 spiro atoms. The Labute approximate surface area is 86.0 Å². The number of fused-ring (bicyclic) bond motifs is 1. The molecule has 0 radical (unpaired) electrons. The van der Waals surface area contributed by atoms with E-state index in [4.69, 9.17) is 5.26 Å². The molecule has 0 aliphatic heterocycles. The molecular weight excluding hydrogens is 194 g/mol. The average Bonchev–Trinajstić information content (AvgIpc) is 2.58. The second-order valence-electron chi connectivity index (χ2n) is 3.20. The number of hydrogen-bond acceptors (Lipinski definition) is 3. The maximum atomic E-state index is 9.69. The fourth-order valence-electron chi connectivity index (χ4n) is 1.54. The Bertz CT molecular complexity index is 522. The quantitative estimate of drug-likeness (QED) is 0.774. The van der Waals surface area contributed by atoms with Crippen LogP contribution in [0, 0.1) is 18.3 Å². The summed E-state index contributed by atoms with van der Waals surface area (Å²) in [6, 6.07) is 5.68. The normalized spacial score (nSPS) is 10.3. The van der Waals surface area contributed by atoms with E-state index >= 15 is 0 Å². The van der Waals surface area contributed by atoms with Crippen LogP contribution < -0.4 is 0 Å². The highest BCUT2D eigenvalue weighted by Crippen LogP contribution is 2.35. The summed E-state index contributed by atoms with van der Waals surface area (Å²) in [4.78, 5) is 0. The van der Waals surface area contributed by atoms with E-state index in [2.05, 4.69) is 6.07 Å². The number of thiophene rings is 1. The van der Waals surface area contributed by atoms with Crippen molar-refractivity contribution in [2.75, 3.05) is 0 Å². The van der Waals surface area contributed by atoms with E-state index in [1.807, 2.05) is 18.4 Å². The fourth-order valence-corrected chi connectivity index (χ4v) is 2.61. The lowest BCUT2D eigenvalue weighted by Gasteiger charge is -1.99. The molecule has 1 aromatic heterocycles. The van der Waals surface area contributed by atoms with Gasteiger partial charge in [0.25, 0.3) is 0 Å². The van der Waals surface area contributed by atoms with Crippen LogP contribution >= 0.6 is 11.3 Å². The van der Waals surface area contributed by atoms with Crippen molar-refractivity contribution in [3.05, 3.63) is 28.6 Å². The first kappa shape index (κ1) is 9.04. The summed E-state index contributed by atoms with van der Waals surface area (Å²) in [5.74, 6) is 0.275. The van der Waals surface area contributed by atoms with Crippen molar-refractivity contribution in [1.29, 1.82) is 5.26 Å². The van der Waals surface area contributed by atoms with Crippen LogP contribution in [0.5, 0.6) is 5.75 Å². The molecule has 0 fully saturated rings. The van der Waals surface area contributed by atoms with Crippen LogP contribution in [0.1, 0.15) is 11.1 Å². The van der Waals surface area contributed by atoms with Crippen molar-refractivity contribution in [2.24, 2.45) is 0 Å². The minimum absolute atomic E-state index is 0.275. The Morgan fingerprint density at radius 1 is 1.50 bits per heavy atom. The molecule has 70 valence electrons. The van der Waals surface area contributed by atoms with Gasteiger partial charge in [0, 0.05) is 10.1 Å². The van der Waals surface area contributed by atoms with Gasteiger partial charge in [0.05, 0.1) is 12.5 Å².